The van der Waals surface area contributed by atoms with Crippen molar-refractivity contribution in [3.8, 4) is 0 Å². The molecule has 2 aromatic carbocycles. The molecule has 1 aliphatic rings. The Morgan fingerprint density at radius 2 is 1.75 bits per heavy atom. The van der Waals surface area contributed by atoms with Crippen molar-refractivity contribution in [3.05, 3.63) is 42.5 Å². The van der Waals surface area contributed by atoms with E-state index in [1.165, 1.54) is 12.8 Å². The highest BCUT2D eigenvalue weighted by Gasteiger charge is 2.34. The number of carbonyl (C=O) groups is 1. The number of amides is 2. The summed E-state index contributed by atoms with van der Waals surface area (Å²) in [5.41, 5.74) is 0.889. The van der Waals surface area contributed by atoms with Crippen molar-refractivity contribution in [1.82, 2.24) is 9.80 Å². The van der Waals surface area contributed by atoms with E-state index in [0.29, 0.717) is 6.04 Å². The van der Waals surface area contributed by atoms with E-state index in [-0.39, 0.29) is 6.03 Å². The second kappa shape index (κ2) is 7.67. The lowest BCUT2D eigenvalue weighted by molar-refractivity contribution is 0.0614. The number of nitrogens with one attached hydrogen (secondary N) is 1. The van der Waals surface area contributed by atoms with Gasteiger partial charge in [-0.15, -0.1) is 0 Å². The number of carbonyl (C=O) groups excluding carboxylic acids is 1. The molecular formula is C20H27N3O. The summed E-state index contributed by atoms with van der Waals surface area (Å²) in [5, 5.41) is 5.31. The largest absolute Gasteiger partial charge is 0.321 e. The van der Waals surface area contributed by atoms with Crippen molar-refractivity contribution in [3.63, 3.8) is 0 Å². The van der Waals surface area contributed by atoms with Gasteiger partial charge in [0, 0.05) is 24.5 Å². The zero-order valence-electron chi connectivity index (χ0n) is 14.7. The van der Waals surface area contributed by atoms with Crippen LogP contribution in [0.15, 0.2) is 42.5 Å². The Bertz CT molecular complexity index is 683. The van der Waals surface area contributed by atoms with Crippen LogP contribution in [0.3, 0.4) is 0 Å². The van der Waals surface area contributed by atoms with Gasteiger partial charge in [0.15, 0.2) is 0 Å². The Kier molecular flexibility index (Phi) is 5.36. The van der Waals surface area contributed by atoms with Crippen LogP contribution in [-0.2, 0) is 0 Å². The van der Waals surface area contributed by atoms with Crippen molar-refractivity contribution in [1.29, 1.82) is 0 Å². The average Bonchev–Trinajstić information content (AvgIpc) is 2.54. The highest BCUT2D eigenvalue weighted by molar-refractivity contribution is 6.01. The topological polar surface area (TPSA) is 35.6 Å². The summed E-state index contributed by atoms with van der Waals surface area (Å²) in [7, 11) is 0. The number of anilines is 1. The lowest BCUT2D eigenvalue weighted by Gasteiger charge is -2.45. The molecule has 0 spiro atoms. The van der Waals surface area contributed by atoms with Gasteiger partial charge in [-0.3, -0.25) is 4.90 Å². The number of fused-ring (bicyclic) bond motifs is 1. The first-order valence-electron chi connectivity index (χ1n) is 9.00. The number of hydrogen-bond acceptors (Lipinski definition) is 2. The Balaban J connectivity index is 1.60. The molecule has 0 bridgehead atoms. The highest BCUT2D eigenvalue weighted by atomic mass is 16.2. The second-order valence-electron chi connectivity index (χ2n) is 6.55. The molecule has 0 unspecified atom stereocenters. The maximum absolute atomic E-state index is 12.5. The minimum absolute atomic E-state index is 0.00977. The van der Waals surface area contributed by atoms with Gasteiger partial charge in [-0.2, -0.15) is 0 Å². The standard InChI is InChI=1S/C20H27N3O/c1-3-12-22(13-4-2)17-14-23(15-17)20(24)21-19-11-7-9-16-8-5-6-10-18(16)19/h5-11,17H,3-4,12-15H2,1-2H3,(H,21,24). The molecule has 0 radical (unpaired) electrons. The SMILES string of the molecule is CCCN(CCC)C1CN(C(=O)Nc2cccc3ccccc23)C1. The molecule has 128 valence electrons. The van der Waals surface area contributed by atoms with E-state index in [4.69, 9.17) is 0 Å². The molecule has 2 amide bonds. The predicted octanol–water partition coefficient (Wildman–Crippen LogP) is 4.18. The van der Waals surface area contributed by atoms with Gasteiger partial charge in [-0.05, 0) is 37.4 Å². The molecule has 1 fully saturated rings. The lowest BCUT2D eigenvalue weighted by atomic mass is 10.1. The minimum Gasteiger partial charge on any atom is -0.321 e. The fourth-order valence-corrected chi connectivity index (χ4v) is 3.43. The molecule has 1 aliphatic heterocycles. The molecule has 4 nitrogen and oxygen atoms in total. The zero-order chi connectivity index (χ0) is 16.9. The van der Waals surface area contributed by atoms with E-state index in [9.17, 15) is 4.79 Å². The van der Waals surface area contributed by atoms with E-state index in [0.717, 1.165) is 42.6 Å². The molecule has 0 saturated carbocycles. The van der Waals surface area contributed by atoms with Gasteiger partial charge in [0.05, 0.1) is 5.69 Å². The monoisotopic (exact) mass is 325 g/mol. The quantitative estimate of drug-likeness (QED) is 0.865. The van der Waals surface area contributed by atoms with Crippen LogP contribution in [0, 0.1) is 0 Å². The van der Waals surface area contributed by atoms with Crippen LogP contribution < -0.4 is 5.32 Å². The Morgan fingerprint density at radius 1 is 1.08 bits per heavy atom. The molecule has 4 heteroatoms. The number of benzene rings is 2. The third-order valence-electron chi connectivity index (χ3n) is 4.72. The minimum atomic E-state index is 0.00977. The molecule has 1 heterocycles. The van der Waals surface area contributed by atoms with E-state index < -0.39 is 0 Å². The molecule has 3 rings (SSSR count). The number of hydrogen-bond donors (Lipinski definition) is 1. The Hall–Kier alpha value is -2.07. The first-order valence-corrected chi connectivity index (χ1v) is 9.00. The van der Waals surface area contributed by atoms with Gasteiger partial charge in [-0.25, -0.2) is 4.79 Å². The summed E-state index contributed by atoms with van der Waals surface area (Å²) in [5.74, 6) is 0. The van der Waals surface area contributed by atoms with Crippen molar-refractivity contribution in [2.75, 3.05) is 31.5 Å². The second-order valence-corrected chi connectivity index (χ2v) is 6.55. The first-order chi connectivity index (χ1) is 11.7. The molecule has 0 atom stereocenters. The predicted molar refractivity (Wildman–Crippen MR) is 100 cm³/mol. The first kappa shape index (κ1) is 16.8. The third kappa shape index (κ3) is 3.54. The molecule has 1 N–H and O–H groups in total. The van der Waals surface area contributed by atoms with Crippen LogP contribution >= 0.6 is 0 Å². The summed E-state index contributed by atoms with van der Waals surface area (Å²) in [6.45, 7) is 8.33. The van der Waals surface area contributed by atoms with E-state index in [1.807, 2.05) is 35.2 Å². The van der Waals surface area contributed by atoms with Crippen LogP contribution in [0.5, 0.6) is 0 Å². The van der Waals surface area contributed by atoms with Crippen molar-refractivity contribution in [2.45, 2.75) is 32.7 Å². The van der Waals surface area contributed by atoms with Crippen molar-refractivity contribution in [2.24, 2.45) is 0 Å². The molecule has 2 aromatic rings. The summed E-state index contributed by atoms with van der Waals surface area (Å²) in [6.07, 6.45) is 2.33. The number of likely N-dealkylation sites (tertiary alicyclic amines) is 1. The van der Waals surface area contributed by atoms with Crippen LogP contribution in [0.2, 0.25) is 0 Å². The normalized spacial score (nSPS) is 14.9. The summed E-state index contributed by atoms with van der Waals surface area (Å²) < 4.78 is 0. The van der Waals surface area contributed by atoms with Crippen molar-refractivity contribution < 1.29 is 4.79 Å². The molecule has 1 saturated heterocycles. The lowest BCUT2D eigenvalue weighted by Crippen LogP contribution is -2.62. The molecule has 24 heavy (non-hydrogen) atoms. The van der Waals surface area contributed by atoms with Crippen molar-refractivity contribution >= 4 is 22.5 Å². The summed E-state index contributed by atoms with van der Waals surface area (Å²) >= 11 is 0. The Morgan fingerprint density at radius 3 is 2.46 bits per heavy atom. The van der Waals surface area contributed by atoms with Gasteiger partial charge in [0.25, 0.3) is 0 Å². The van der Waals surface area contributed by atoms with Gasteiger partial charge in [0.1, 0.15) is 0 Å². The van der Waals surface area contributed by atoms with Crippen LogP contribution in [0.1, 0.15) is 26.7 Å². The van der Waals surface area contributed by atoms with Gasteiger partial charge in [-0.1, -0.05) is 50.2 Å². The summed E-state index contributed by atoms with van der Waals surface area (Å²) in [6, 6.07) is 14.7. The molecular weight excluding hydrogens is 298 g/mol. The average molecular weight is 325 g/mol. The van der Waals surface area contributed by atoms with Crippen LogP contribution in [0.4, 0.5) is 10.5 Å². The number of rotatable bonds is 6. The van der Waals surface area contributed by atoms with Crippen LogP contribution in [0.25, 0.3) is 10.8 Å². The smallest absolute Gasteiger partial charge is 0.321 e. The van der Waals surface area contributed by atoms with Gasteiger partial charge < -0.3 is 10.2 Å². The third-order valence-corrected chi connectivity index (χ3v) is 4.72. The molecule has 0 aromatic heterocycles. The highest BCUT2D eigenvalue weighted by Crippen LogP contribution is 2.24. The molecule has 0 aliphatic carbocycles. The van der Waals surface area contributed by atoms with Crippen LogP contribution in [-0.4, -0.2) is 48.1 Å². The number of urea groups is 1. The maximum Gasteiger partial charge on any atom is 0.321 e. The van der Waals surface area contributed by atoms with E-state index >= 15 is 0 Å². The number of nitrogens with zero attached hydrogens (tertiary/aromatic N) is 2. The van der Waals surface area contributed by atoms with E-state index in [2.05, 4.69) is 36.2 Å². The van der Waals surface area contributed by atoms with E-state index in [1.54, 1.807) is 0 Å². The van der Waals surface area contributed by atoms with Gasteiger partial charge >= 0.3 is 6.03 Å². The zero-order valence-corrected chi connectivity index (χ0v) is 14.7. The summed E-state index contributed by atoms with van der Waals surface area (Å²) in [4.78, 5) is 16.9. The fourth-order valence-electron chi connectivity index (χ4n) is 3.43. The Labute approximate surface area is 144 Å². The maximum atomic E-state index is 12.5. The van der Waals surface area contributed by atoms with Gasteiger partial charge in [0.2, 0.25) is 0 Å². The fraction of sp³-hybridized carbons (Fsp3) is 0.450.